The van der Waals surface area contributed by atoms with Crippen molar-refractivity contribution < 1.29 is 14.6 Å². The summed E-state index contributed by atoms with van der Waals surface area (Å²) in [5.41, 5.74) is 0.795. The second-order valence-electron chi connectivity index (χ2n) is 3.31. The Morgan fingerprint density at radius 3 is 2.87 bits per heavy atom. The molecule has 0 unspecified atom stereocenters. The van der Waals surface area contributed by atoms with Gasteiger partial charge in [0.1, 0.15) is 5.56 Å². The van der Waals surface area contributed by atoms with Crippen molar-refractivity contribution in [1.82, 2.24) is 9.78 Å². The standard InChI is InChI=1S/C10H16N2O3/c1-3-5-15-6-4-12-7-9(10(13)14)8(2)11-12/h7H,3-6H2,1-2H3,(H,13,14). The zero-order valence-electron chi connectivity index (χ0n) is 9.06. The third kappa shape index (κ3) is 3.36. The maximum absolute atomic E-state index is 10.7. The van der Waals surface area contributed by atoms with E-state index in [1.54, 1.807) is 11.6 Å². The van der Waals surface area contributed by atoms with Gasteiger partial charge in [-0.15, -0.1) is 0 Å². The molecule has 1 heterocycles. The van der Waals surface area contributed by atoms with E-state index in [4.69, 9.17) is 9.84 Å². The molecule has 0 atom stereocenters. The molecule has 1 aromatic heterocycles. The van der Waals surface area contributed by atoms with Crippen molar-refractivity contribution in [2.45, 2.75) is 26.8 Å². The van der Waals surface area contributed by atoms with Crippen molar-refractivity contribution in [2.24, 2.45) is 0 Å². The zero-order chi connectivity index (χ0) is 11.3. The monoisotopic (exact) mass is 212 g/mol. The van der Waals surface area contributed by atoms with Crippen LogP contribution in [0.3, 0.4) is 0 Å². The number of rotatable bonds is 6. The Morgan fingerprint density at radius 1 is 1.60 bits per heavy atom. The Hall–Kier alpha value is -1.36. The van der Waals surface area contributed by atoms with E-state index in [-0.39, 0.29) is 5.56 Å². The predicted octanol–water partition coefficient (Wildman–Crippen LogP) is 1.32. The Labute approximate surface area is 88.7 Å². The van der Waals surface area contributed by atoms with E-state index in [1.165, 1.54) is 6.20 Å². The van der Waals surface area contributed by atoms with Gasteiger partial charge in [0.2, 0.25) is 0 Å². The summed E-state index contributed by atoms with van der Waals surface area (Å²) in [5, 5.41) is 12.9. The number of aryl methyl sites for hydroxylation is 1. The van der Waals surface area contributed by atoms with E-state index in [2.05, 4.69) is 5.10 Å². The third-order valence-corrected chi connectivity index (χ3v) is 1.99. The van der Waals surface area contributed by atoms with Crippen molar-refractivity contribution in [3.63, 3.8) is 0 Å². The summed E-state index contributed by atoms with van der Waals surface area (Å²) in [7, 11) is 0. The van der Waals surface area contributed by atoms with Gasteiger partial charge < -0.3 is 9.84 Å². The minimum absolute atomic E-state index is 0.255. The average Bonchev–Trinajstić information content (AvgIpc) is 2.55. The third-order valence-electron chi connectivity index (χ3n) is 1.99. The fourth-order valence-electron chi connectivity index (χ4n) is 1.25. The van der Waals surface area contributed by atoms with Crippen molar-refractivity contribution in [3.05, 3.63) is 17.5 Å². The summed E-state index contributed by atoms with van der Waals surface area (Å²) in [5.74, 6) is -0.937. The molecule has 0 amide bonds. The minimum atomic E-state index is -0.937. The molecular weight excluding hydrogens is 196 g/mol. The van der Waals surface area contributed by atoms with Gasteiger partial charge in [0.15, 0.2) is 0 Å². The lowest BCUT2D eigenvalue weighted by atomic mass is 10.3. The number of aromatic nitrogens is 2. The van der Waals surface area contributed by atoms with Crippen LogP contribution in [0, 0.1) is 6.92 Å². The summed E-state index contributed by atoms with van der Waals surface area (Å²) < 4.78 is 6.89. The second-order valence-corrected chi connectivity index (χ2v) is 3.31. The maximum atomic E-state index is 10.7. The van der Waals surface area contributed by atoms with Crippen LogP contribution in [0.15, 0.2) is 6.20 Å². The number of ether oxygens (including phenoxy) is 1. The highest BCUT2D eigenvalue weighted by molar-refractivity contribution is 5.88. The lowest BCUT2D eigenvalue weighted by Crippen LogP contribution is -2.07. The molecule has 1 rings (SSSR count). The lowest BCUT2D eigenvalue weighted by Gasteiger charge is -2.01. The van der Waals surface area contributed by atoms with E-state index in [9.17, 15) is 4.79 Å². The summed E-state index contributed by atoms with van der Waals surface area (Å²) in [6.45, 7) is 5.61. The molecule has 0 aromatic carbocycles. The van der Waals surface area contributed by atoms with Crippen molar-refractivity contribution in [1.29, 1.82) is 0 Å². The Bertz CT molecular complexity index is 333. The van der Waals surface area contributed by atoms with Gasteiger partial charge in [-0.05, 0) is 13.3 Å². The normalized spacial score (nSPS) is 10.5. The van der Waals surface area contributed by atoms with E-state index < -0.39 is 5.97 Å². The number of carbonyl (C=O) groups is 1. The summed E-state index contributed by atoms with van der Waals surface area (Å²) in [6, 6.07) is 0. The van der Waals surface area contributed by atoms with Crippen LogP contribution in [-0.4, -0.2) is 34.1 Å². The van der Waals surface area contributed by atoms with Crippen molar-refractivity contribution >= 4 is 5.97 Å². The van der Waals surface area contributed by atoms with Crippen LogP contribution in [-0.2, 0) is 11.3 Å². The smallest absolute Gasteiger partial charge is 0.339 e. The van der Waals surface area contributed by atoms with Crippen LogP contribution >= 0.6 is 0 Å². The molecule has 0 fully saturated rings. The van der Waals surface area contributed by atoms with Gasteiger partial charge in [-0.2, -0.15) is 5.10 Å². The molecule has 0 aliphatic carbocycles. The number of nitrogens with zero attached hydrogens (tertiary/aromatic N) is 2. The molecule has 0 bridgehead atoms. The SMILES string of the molecule is CCCOCCn1cc(C(=O)O)c(C)n1. The molecular formula is C10H16N2O3. The van der Waals surface area contributed by atoms with E-state index in [0.29, 0.717) is 18.8 Å². The van der Waals surface area contributed by atoms with Crippen LogP contribution in [0.2, 0.25) is 0 Å². The number of carboxylic acids is 1. The molecule has 0 saturated heterocycles. The molecule has 5 heteroatoms. The first-order chi connectivity index (χ1) is 7.15. The van der Waals surface area contributed by atoms with Gasteiger partial charge in [0.05, 0.1) is 18.8 Å². The van der Waals surface area contributed by atoms with Crippen LogP contribution in [0.4, 0.5) is 0 Å². The minimum Gasteiger partial charge on any atom is -0.478 e. The molecule has 0 aliphatic rings. The van der Waals surface area contributed by atoms with E-state index in [1.807, 2.05) is 6.92 Å². The van der Waals surface area contributed by atoms with Gasteiger partial charge >= 0.3 is 5.97 Å². The first-order valence-electron chi connectivity index (χ1n) is 5.00. The van der Waals surface area contributed by atoms with Crippen LogP contribution in [0.5, 0.6) is 0 Å². The molecule has 0 radical (unpaired) electrons. The molecule has 1 N–H and O–H groups in total. The predicted molar refractivity (Wildman–Crippen MR) is 55.0 cm³/mol. The summed E-state index contributed by atoms with van der Waals surface area (Å²) in [6.07, 6.45) is 2.52. The van der Waals surface area contributed by atoms with Gasteiger partial charge in [0, 0.05) is 12.8 Å². The molecule has 5 nitrogen and oxygen atoms in total. The van der Waals surface area contributed by atoms with Crippen LogP contribution in [0.1, 0.15) is 29.4 Å². The number of hydrogen-bond donors (Lipinski definition) is 1. The molecule has 0 saturated carbocycles. The second kappa shape index (κ2) is 5.50. The van der Waals surface area contributed by atoms with E-state index >= 15 is 0 Å². The Morgan fingerprint density at radius 2 is 2.33 bits per heavy atom. The fraction of sp³-hybridized carbons (Fsp3) is 0.600. The Balaban J connectivity index is 2.48. The average molecular weight is 212 g/mol. The molecule has 15 heavy (non-hydrogen) atoms. The highest BCUT2D eigenvalue weighted by Crippen LogP contribution is 2.04. The number of hydrogen-bond acceptors (Lipinski definition) is 3. The van der Waals surface area contributed by atoms with Crippen molar-refractivity contribution in [2.75, 3.05) is 13.2 Å². The highest BCUT2D eigenvalue weighted by atomic mass is 16.5. The molecule has 0 aliphatic heterocycles. The van der Waals surface area contributed by atoms with Gasteiger partial charge in [-0.3, -0.25) is 4.68 Å². The quantitative estimate of drug-likeness (QED) is 0.722. The number of carboxylic acid groups (broad SMARTS) is 1. The highest BCUT2D eigenvalue weighted by Gasteiger charge is 2.10. The Kier molecular flexibility index (Phi) is 4.30. The topological polar surface area (TPSA) is 64.3 Å². The molecule has 1 aromatic rings. The van der Waals surface area contributed by atoms with Gasteiger partial charge in [-0.25, -0.2) is 4.79 Å². The summed E-state index contributed by atoms with van der Waals surface area (Å²) in [4.78, 5) is 10.7. The first kappa shape index (κ1) is 11.7. The van der Waals surface area contributed by atoms with Crippen LogP contribution < -0.4 is 0 Å². The lowest BCUT2D eigenvalue weighted by molar-refractivity contribution is 0.0695. The van der Waals surface area contributed by atoms with Gasteiger partial charge in [-0.1, -0.05) is 6.92 Å². The number of aromatic carboxylic acids is 1. The molecule has 0 spiro atoms. The fourth-order valence-corrected chi connectivity index (χ4v) is 1.25. The van der Waals surface area contributed by atoms with Crippen LogP contribution in [0.25, 0.3) is 0 Å². The zero-order valence-corrected chi connectivity index (χ0v) is 9.06. The molecule has 84 valence electrons. The maximum Gasteiger partial charge on any atom is 0.339 e. The van der Waals surface area contributed by atoms with E-state index in [0.717, 1.165) is 13.0 Å². The van der Waals surface area contributed by atoms with Gasteiger partial charge in [0.25, 0.3) is 0 Å². The summed E-state index contributed by atoms with van der Waals surface area (Å²) >= 11 is 0. The first-order valence-corrected chi connectivity index (χ1v) is 5.00. The van der Waals surface area contributed by atoms with Crippen molar-refractivity contribution in [3.8, 4) is 0 Å². The largest absolute Gasteiger partial charge is 0.478 e.